The van der Waals surface area contributed by atoms with Gasteiger partial charge in [0.1, 0.15) is 11.4 Å². The van der Waals surface area contributed by atoms with Crippen LogP contribution in [0.5, 0.6) is 5.75 Å². The molecule has 1 aromatic carbocycles. The molecule has 0 aliphatic rings. The quantitative estimate of drug-likeness (QED) is 0.535. The molecule has 0 bridgehead atoms. The van der Waals surface area contributed by atoms with E-state index < -0.39 is 5.97 Å². The average Bonchev–Trinajstić information content (AvgIpc) is 3.02. The number of esters is 1. The molecule has 0 saturated heterocycles. The van der Waals surface area contributed by atoms with Crippen LogP contribution >= 0.6 is 0 Å². The molecule has 164 valence electrons. The molecular formula is C23H28N4O4. The molecule has 1 unspecified atom stereocenters. The summed E-state index contributed by atoms with van der Waals surface area (Å²) in [5.74, 6) is 0.0361. The molecule has 2 N–H and O–H groups in total. The van der Waals surface area contributed by atoms with Gasteiger partial charge in [-0.05, 0) is 43.5 Å². The number of rotatable bonds is 8. The zero-order chi connectivity index (χ0) is 22.5. The van der Waals surface area contributed by atoms with Crippen molar-refractivity contribution in [2.24, 2.45) is 7.05 Å². The van der Waals surface area contributed by atoms with Gasteiger partial charge in [-0.2, -0.15) is 0 Å². The van der Waals surface area contributed by atoms with Crippen LogP contribution in [0, 0.1) is 0 Å². The number of benzene rings is 1. The number of nitrogens with zero attached hydrogens (tertiary/aromatic N) is 2. The third kappa shape index (κ3) is 4.96. The van der Waals surface area contributed by atoms with Crippen LogP contribution in [0.3, 0.4) is 0 Å². The van der Waals surface area contributed by atoms with Crippen LogP contribution in [-0.2, 0) is 23.0 Å². The summed E-state index contributed by atoms with van der Waals surface area (Å²) in [4.78, 5) is 28.5. The van der Waals surface area contributed by atoms with Gasteiger partial charge in [-0.25, -0.2) is 9.78 Å². The van der Waals surface area contributed by atoms with Crippen LogP contribution in [0.1, 0.15) is 36.3 Å². The summed E-state index contributed by atoms with van der Waals surface area (Å²) in [7, 11) is 4.68. The van der Waals surface area contributed by atoms with Crippen molar-refractivity contribution in [3.8, 4) is 5.75 Å². The molecule has 0 aliphatic carbocycles. The van der Waals surface area contributed by atoms with E-state index in [-0.39, 0.29) is 17.6 Å². The van der Waals surface area contributed by atoms with Crippen molar-refractivity contribution in [1.82, 2.24) is 9.55 Å². The fourth-order valence-corrected chi connectivity index (χ4v) is 3.56. The van der Waals surface area contributed by atoms with Crippen molar-refractivity contribution in [2.45, 2.75) is 32.7 Å². The molecule has 3 aromatic rings. The second-order valence-electron chi connectivity index (χ2n) is 7.48. The highest BCUT2D eigenvalue weighted by Crippen LogP contribution is 2.32. The maximum atomic E-state index is 12.3. The summed E-state index contributed by atoms with van der Waals surface area (Å²) in [6.07, 6.45) is 3.57. The second-order valence-corrected chi connectivity index (χ2v) is 7.48. The molecule has 2 aromatic heterocycles. The summed E-state index contributed by atoms with van der Waals surface area (Å²) in [6, 6.07) is 10.1. The Bertz CT molecular complexity index is 1090. The van der Waals surface area contributed by atoms with E-state index in [4.69, 9.17) is 9.47 Å². The van der Waals surface area contributed by atoms with Gasteiger partial charge in [-0.3, -0.25) is 4.79 Å². The van der Waals surface area contributed by atoms with Crippen LogP contribution < -0.4 is 15.4 Å². The lowest BCUT2D eigenvalue weighted by atomic mass is 10.1. The van der Waals surface area contributed by atoms with Gasteiger partial charge in [0.15, 0.2) is 5.69 Å². The number of hydrogen-bond acceptors (Lipinski definition) is 6. The first kappa shape index (κ1) is 22.1. The minimum Gasteiger partial charge on any atom is -0.497 e. The summed E-state index contributed by atoms with van der Waals surface area (Å²) >= 11 is 0. The Morgan fingerprint density at radius 3 is 2.52 bits per heavy atom. The SMILES string of the molecule is COC(=O)c1c(NC(C)=O)c2cc(NC(C)CCc3ccc(OC)cc3)cnc2n1C. The Balaban J connectivity index is 1.80. The third-order valence-electron chi connectivity index (χ3n) is 5.14. The first-order valence-electron chi connectivity index (χ1n) is 10.1. The third-order valence-corrected chi connectivity index (χ3v) is 5.14. The molecule has 8 heteroatoms. The minimum absolute atomic E-state index is 0.189. The summed E-state index contributed by atoms with van der Waals surface area (Å²) in [6.45, 7) is 3.50. The Labute approximate surface area is 181 Å². The van der Waals surface area contributed by atoms with Gasteiger partial charge in [-0.1, -0.05) is 12.1 Å². The number of fused-ring (bicyclic) bond motifs is 1. The maximum Gasteiger partial charge on any atom is 0.356 e. The van der Waals surface area contributed by atoms with Gasteiger partial charge in [-0.15, -0.1) is 0 Å². The van der Waals surface area contributed by atoms with E-state index in [0.717, 1.165) is 24.3 Å². The monoisotopic (exact) mass is 424 g/mol. The number of amides is 1. The highest BCUT2D eigenvalue weighted by atomic mass is 16.5. The largest absolute Gasteiger partial charge is 0.497 e. The van der Waals surface area contributed by atoms with Gasteiger partial charge in [0.25, 0.3) is 0 Å². The lowest BCUT2D eigenvalue weighted by molar-refractivity contribution is -0.114. The molecule has 1 amide bonds. The fourth-order valence-electron chi connectivity index (χ4n) is 3.56. The lowest BCUT2D eigenvalue weighted by Gasteiger charge is -2.15. The number of aryl methyl sites for hydroxylation is 2. The Morgan fingerprint density at radius 2 is 1.90 bits per heavy atom. The van der Waals surface area contributed by atoms with E-state index in [1.54, 1.807) is 24.9 Å². The van der Waals surface area contributed by atoms with E-state index in [9.17, 15) is 9.59 Å². The first-order chi connectivity index (χ1) is 14.8. The standard InChI is InChI=1S/C23H28N4O4/c1-14(6-7-16-8-10-18(30-4)11-9-16)25-17-12-19-20(26-15(2)28)21(23(29)31-5)27(3)22(19)24-13-17/h8-14,25H,6-7H2,1-5H3,(H,26,28). The molecule has 0 saturated carbocycles. The van der Waals surface area contributed by atoms with Crippen molar-refractivity contribution in [3.63, 3.8) is 0 Å². The molecule has 0 aliphatic heterocycles. The summed E-state index contributed by atoms with van der Waals surface area (Å²) in [5, 5.41) is 6.88. The Hall–Kier alpha value is -3.55. The average molecular weight is 425 g/mol. The van der Waals surface area contributed by atoms with Gasteiger partial charge >= 0.3 is 5.97 Å². The van der Waals surface area contributed by atoms with Crippen molar-refractivity contribution in [1.29, 1.82) is 0 Å². The summed E-state index contributed by atoms with van der Waals surface area (Å²) < 4.78 is 11.7. The topological polar surface area (TPSA) is 94.5 Å². The van der Waals surface area contributed by atoms with E-state index in [1.807, 2.05) is 18.2 Å². The van der Waals surface area contributed by atoms with E-state index in [0.29, 0.717) is 16.7 Å². The fraction of sp³-hybridized carbons (Fsp3) is 0.348. The number of anilines is 2. The zero-order valence-corrected chi connectivity index (χ0v) is 18.5. The van der Waals surface area contributed by atoms with E-state index >= 15 is 0 Å². The second kappa shape index (κ2) is 9.51. The maximum absolute atomic E-state index is 12.3. The molecule has 3 rings (SSSR count). The number of pyridine rings is 1. The highest BCUT2D eigenvalue weighted by Gasteiger charge is 2.23. The predicted molar refractivity (Wildman–Crippen MR) is 121 cm³/mol. The number of ether oxygens (including phenoxy) is 2. The number of aromatic nitrogens is 2. The van der Waals surface area contributed by atoms with Gasteiger partial charge in [0.05, 0.1) is 31.8 Å². The van der Waals surface area contributed by atoms with E-state index in [1.165, 1.54) is 19.6 Å². The molecule has 2 heterocycles. The van der Waals surface area contributed by atoms with E-state index in [2.05, 4.69) is 34.7 Å². The van der Waals surface area contributed by atoms with Crippen LogP contribution in [0.25, 0.3) is 11.0 Å². The Morgan fingerprint density at radius 1 is 1.19 bits per heavy atom. The normalized spacial score (nSPS) is 11.8. The molecular weight excluding hydrogens is 396 g/mol. The molecule has 0 fully saturated rings. The first-order valence-corrected chi connectivity index (χ1v) is 10.1. The van der Waals surface area contributed by atoms with Crippen LogP contribution in [0.2, 0.25) is 0 Å². The minimum atomic E-state index is -0.536. The number of methoxy groups -OCH3 is 2. The van der Waals surface area contributed by atoms with Crippen LogP contribution in [-0.4, -0.2) is 41.7 Å². The van der Waals surface area contributed by atoms with Crippen LogP contribution in [0.15, 0.2) is 36.5 Å². The molecule has 8 nitrogen and oxygen atoms in total. The van der Waals surface area contributed by atoms with Crippen molar-refractivity contribution in [3.05, 3.63) is 47.8 Å². The number of hydrogen-bond donors (Lipinski definition) is 2. The van der Waals surface area contributed by atoms with Gasteiger partial charge in [0, 0.05) is 25.4 Å². The van der Waals surface area contributed by atoms with Crippen LogP contribution in [0.4, 0.5) is 11.4 Å². The lowest BCUT2D eigenvalue weighted by Crippen LogP contribution is -2.16. The Kier molecular flexibility index (Phi) is 6.79. The number of carbonyl (C=O) groups excluding carboxylic acids is 2. The molecule has 1 atom stereocenters. The zero-order valence-electron chi connectivity index (χ0n) is 18.5. The molecule has 0 spiro atoms. The smallest absolute Gasteiger partial charge is 0.356 e. The van der Waals surface area contributed by atoms with Crippen molar-refractivity contribution >= 4 is 34.3 Å². The predicted octanol–water partition coefficient (Wildman–Crippen LogP) is 3.76. The number of nitrogens with one attached hydrogen (secondary N) is 2. The van der Waals surface area contributed by atoms with Gasteiger partial charge < -0.3 is 24.7 Å². The van der Waals surface area contributed by atoms with Crippen molar-refractivity contribution < 1.29 is 19.1 Å². The highest BCUT2D eigenvalue weighted by molar-refractivity contribution is 6.10. The number of carbonyl (C=O) groups is 2. The van der Waals surface area contributed by atoms with Gasteiger partial charge in [0.2, 0.25) is 5.91 Å². The molecule has 0 radical (unpaired) electrons. The van der Waals surface area contributed by atoms with Crippen molar-refractivity contribution in [2.75, 3.05) is 24.9 Å². The summed E-state index contributed by atoms with van der Waals surface area (Å²) in [5.41, 5.74) is 3.29. The molecule has 31 heavy (non-hydrogen) atoms.